The van der Waals surface area contributed by atoms with E-state index in [1.165, 1.54) is 18.4 Å². The highest BCUT2D eigenvalue weighted by atomic mass is 15.3. The summed E-state index contributed by atoms with van der Waals surface area (Å²) in [5.41, 5.74) is 1.84. The topological polar surface area (TPSA) is 28.2 Å². The molecule has 2 heterocycles. The monoisotopic (exact) mass is 261 g/mol. The zero-order chi connectivity index (χ0) is 13.9. The number of rotatable bonds is 4. The van der Waals surface area contributed by atoms with Gasteiger partial charge in [0.2, 0.25) is 0 Å². The van der Waals surface area contributed by atoms with Crippen LogP contribution in [-0.2, 0) is 6.54 Å². The molecular weight excluding hydrogens is 234 g/mol. The van der Waals surface area contributed by atoms with Crippen LogP contribution in [0.3, 0.4) is 0 Å². The van der Waals surface area contributed by atoms with Gasteiger partial charge in [-0.2, -0.15) is 0 Å². The molecule has 1 aliphatic heterocycles. The van der Waals surface area contributed by atoms with Gasteiger partial charge in [0.15, 0.2) is 0 Å². The minimum absolute atomic E-state index is 0.238. The lowest BCUT2D eigenvalue weighted by Crippen LogP contribution is -2.67. The van der Waals surface area contributed by atoms with Crippen LogP contribution >= 0.6 is 0 Å². The smallest absolute Gasteiger partial charge is 0.0307 e. The molecule has 2 unspecified atom stereocenters. The van der Waals surface area contributed by atoms with Crippen LogP contribution in [0.15, 0.2) is 24.5 Å². The number of hydrogen-bond acceptors (Lipinski definition) is 3. The van der Waals surface area contributed by atoms with Crippen molar-refractivity contribution in [2.75, 3.05) is 13.1 Å². The van der Waals surface area contributed by atoms with Crippen molar-refractivity contribution in [3.8, 4) is 0 Å². The Morgan fingerprint density at radius 2 is 1.89 bits per heavy atom. The lowest BCUT2D eigenvalue weighted by atomic mass is 9.85. The predicted octanol–water partition coefficient (Wildman–Crippen LogP) is 2.82. The Kier molecular flexibility index (Phi) is 4.26. The summed E-state index contributed by atoms with van der Waals surface area (Å²) in [6.07, 6.45) is 6.12. The van der Waals surface area contributed by atoms with Gasteiger partial charge in [-0.1, -0.05) is 13.8 Å². The van der Waals surface area contributed by atoms with Gasteiger partial charge in [-0.3, -0.25) is 9.88 Å². The minimum atomic E-state index is 0.238. The maximum Gasteiger partial charge on any atom is 0.0307 e. The van der Waals surface area contributed by atoms with Gasteiger partial charge in [0.05, 0.1) is 0 Å². The highest BCUT2D eigenvalue weighted by Crippen LogP contribution is 2.29. The average molecular weight is 261 g/mol. The summed E-state index contributed by atoms with van der Waals surface area (Å²) in [5.74, 6) is 0. The summed E-state index contributed by atoms with van der Waals surface area (Å²) in [5, 5.41) is 3.75. The molecule has 3 heteroatoms. The van der Waals surface area contributed by atoms with Crippen molar-refractivity contribution >= 4 is 0 Å². The second-order valence-electron chi connectivity index (χ2n) is 6.33. The molecule has 1 fully saturated rings. The Morgan fingerprint density at radius 3 is 2.47 bits per heavy atom. The van der Waals surface area contributed by atoms with Crippen molar-refractivity contribution < 1.29 is 0 Å². The van der Waals surface area contributed by atoms with Crippen LogP contribution in [0.1, 0.15) is 46.1 Å². The van der Waals surface area contributed by atoms with E-state index in [2.05, 4.69) is 55.0 Å². The van der Waals surface area contributed by atoms with Gasteiger partial charge in [0.25, 0.3) is 0 Å². The second kappa shape index (κ2) is 5.59. The summed E-state index contributed by atoms with van der Waals surface area (Å²) in [6.45, 7) is 12.5. The molecule has 2 atom stereocenters. The van der Waals surface area contributed by atoms with E-state index in [0.29, 0.717) is 0 Å². The largest absolute Gasteiger partial charge is 0.308 e. The quantitative estimate of drug-likeness (QED) is 0.903. The SMILES string of the molecule is CCC1(C)CN(Cc2ccncc2)C(C)(CC)CN1. The normalized spacial score (nSPS) is 32.4. The Hall–Kier alpha value is -0.930. The molecule has 0 aromatic carbocycles. The van der Waals surface area contributed by atoms with Gasteiger partial charge in [-0.25, -0.2) is 0 Å². The maximum atomic E-state index is 4.11. The lowest BCUT2D eigenvalue weighted by molar-refractivity contribution is 0.0104. The van der Waals surface area contributed by atoms with E-state index in [-0.39, 0.29) is 11.1 Å². The van der Waals surface area contributed by atoms with Gasteiger partial charge in [-0.05, 0) is 44.4 Å². The third-order valence-corrected chi connectivity index (χ3v) is 4.86. The van der Waals surface area contributed by atoms with Crippen LogP contribution in [0.4, 0.5) is 0 Å². The van der Waals surface area contributed by atoms with Crippen LogP contribution < -0.4 is 5.32 Å². The highest BCUT2D eigenvalue weighted by Gasteiger charge is 2.40. The molecule has 0 aliphatic carbocycles. The average Bonchev–Trinajstić information content (AvgIpc) is 2.44. The van der Waals surface area contributed by atoms with E-state index in [1.54, 1.807) is 0 Å². The van der Waals surface area contributed by atoms with Crippen molar-refractivity contribution in [3.63, 3.8) is 0 Å². The Morgan fingerprint density at radius 1 is 1.21 bits per heavy atom. The number of hydrogen-bond donors (Lipinski definition) is 1. The third kappa shape index (κ3) is 3.15. The second-order valence-corrected chi connectivity index (χ2v) is 6.33. The van der Waals surface area contributed by atoms with Gasteiger partial charge in [0, 0.05) is 43.1 Å². The van der Waals surface area contributed by atoms with Crippen molar-refractivity contribution in [3.05, 3.63) is 30.1 Å². The molecule has 1 aromatic rings. The zero-order valence-corrected chi connectivity index (χ0v) is 12.7. The van der Waals surface area contributed by atoms with E-state index in [4.69, 9.17) is 0 Å². The number of aromatic nitrogens is 1. The Balaban J connectivity index is 2.17. The van der Waals surface area contributed by atoms with Crippen molar-refractivity contribution in [2.45, 2.75) is 58.2 Å². The summed E-state index contributed by atoms with van der Waals surface area (Å²) in [7, 11) is 0. The molecule has 3 nitrogen and oxygen atoms in total. The van der Waals surface area contributed by atoms with E-state index in [1.807, 2.05) is 12.4 Å². The summed E-state index contributed by atoms with van der Waals surface area (Å²) in [6, 6.07) is 4.25. The molecule has 1 saturated heterocycles. The number of nitrogens with one attached hydrogen (secondary N) is 1. The fourth-order valence-electron chi connectivity index (χ4n) is 2.72. The van der Waals surface area contributed by atoms with E-state index in [0.717, 1.165) is 19.6 Å². The van der Waals surface area contributed by atoms with E-state index >= 15 is 0 Å². The van der Waals surface area contributed by atoms with Crippen LogP contribution in [0.5, 0.6) is 0 Å². The first-order chi connectivity index (χ1) is 9.01. The first kappa shape index (κ1) is 14.5. The Labute approximate surface area is 117 Å². The van der Waals surface area contributed by atoms with Crippen LogP contribution in [0.25, 0.3) is 0 Å². The molecular formula is C16H27N3. The number of piperazine rings is 1. The predicted molar refractivity (Wildman–Crippen MR) is 80.0 cm³/mol. The number of pyridine rings is 1. The molecule has 0 bridgehead atoms. The summed E-state index contributed by atoms with van der Waals surface area (Å²) < 4.78 is 0. The third-order valence-electron chi connectivity index (χ3n) is 4.86. The van der Waals surface area contributed by atoms with Gasteiger partial charge in [0.1, 0.15) is 0 Å². The van der Waals surface area contributed by atoms with E-state index < -0.39 is 0 Å². The van der Waals surface area contributed by atoms with Crippen molar-refractivity contribution in [1.82, 2.24) is 15.2 Å². The number of nitrogens with zero attached hydrogens (tertiary/aromatic N) is 2. The first-order valence-corrected chi connectivity index (χ1v) is 7.40. The summed E-state index contributed by atoms with van der Waals surface area (Å²) in [4.78, 5) is 6.75. The van der Waals surface area contributed by atoms with Gasteiger partial charge in [-0.15, -0.1) is 0 Å². The fraction of sp³-hybridized carbons (Fsp3) is 0.688. The molecule has 19 heavy (non-hydrogen) atoms. The standard InChI is InChI=1S/C16H27N3/c1-5-15(3)13-19(16(4,6-2)12-18-15)11-14-7-9-17-10-8-14/h7-10,18H,5-6,11-13H2,1-4H3. The molecule has 1 aliphatic rings. The Bertz CT molecular complexity index is 406. The fourth-order valence-corrected chi connectivity index (χ4v) is 2.72. The molecule has 2 rings (SSSR count). The highest BCUT2D eigenvalue weighted by molar-refractivity contribution is 5.12. The zero-order valence-electron chi connectivity index (χ0n) is 12.7. The van der Waals surface area contributed by atoms with Gasteiger partial charge >= 0.3 is 0 Å². The van der Waals surface area contributed by atoms with Crippen molar-refractivity contribution in [1.29, 1.82) is 0 Å². The van der Waals surface area contributed by atoms with Gasteiger partial charge < -0.3 is 5.32 Å². The molecule has 106 valence electrons. The summed E-state index contributed by atoms with van der Waals surface area (Å²) >= 11 is 0. The molecule has 1 aromatic heterocycles. The van der Waals surface area contributed by atoms with Crippen LogP contribution in [0.2, 0.25) is 0 Å². The molecule has 0 saturated carbocycles. The van der Waals surface area contributed by atoms with E-state index in [9.17, 15) is 0 Å². The van der Waals surface area contributed by atoms with Crippen LogP contribution in [-0.4, -0.2) is 34.1 Å². The molecule has 0 amide bonds. The molecule has 0 radical (unpaired) electrons. The molecule has 0 spiro atoms. The molecule has 1 N–H and O–H groups in total. The van der Waals surface area contributed by atoms with Crippen LogP contribution in [0, 0.1) is 0 Å². The maximum absolute atomic E-state index is 4.11. The first-order valence-electron chi connectivity index (χ1n) is 7.40. The minimum Gasteiger partial charge on any atom is -0.308 e. The van der Waals surface area contributed by atoms with Crippen molar-refractivity contribution in [2.24, 2.45) is 0 Å². The lowest BCUT2D eigenvalue weighted by Gasteiger charge is -2.52.